The number of likely N-dealkylation sites (tertiary alicyclic amines) is 3. The van der Waals surface area contributed by atoms with Crippen LogP contribution in [0.3, 0.4) is 0 Å². The molecule has 3 atom stereocenters. The van der Waals surface area contributed by atoms with Gasteiger partial charge in [-0.15, -0.1) is 0 Å². The molecular formula is C61H79N9O5. The number of hydrogen-bond donors (Lipinski definition) is 2. The van der Waals surface area contributed by atoms with Gasteiger partial charge >= 0.3 is 0 Å². The Bertz CT molecular complexity index is 2880. The molecule has 3 fully saturated rings. The Balaban J connectivity index is 0.000000167. The smallest absolute Gasteiger partial charge is 0.254 e. The number of fused-ring (bicyclic) bond motifs is 3. The van der Waals surface area contributed by atoms with E-state index in [1.165, 1.54) is 63.4 Å². The lowest BCUT2D eigenvalue weighted by atomic mass is 10.1. The average molecular weight is 1020 g/mol. The van der Waals surface area contributed by atoms with Crippen molar-refractivity contribution in [1.82, 2.24) is 39.9 Å². The van der Waals surface area contributed by atoms with Gasteiger partial charge in [-0.2, -0.15) is 0 Å². The van der Waals surface area contributed by atoms with Gasteiger partial charge < -0.3 is 44.9 Å². The highest BCUT2D eigenvalue weighted by Crippen LogP contribution is 2.38. The van der Waals surface area contributed by atoms with Crippen molar-refractivity contribution in [2.24, 2.45) is 5.73 Å². The second kappa shape index (κ2) is 28.9. The van der Waals surface area contributed by atoms with Gasteiger partial charge in [0.15, 0.2) is 17.8 Å². The Hall–Kier alpha value is -6.55. The lowest BCUT2D eigenvalue weighted by molar-refractivity contribution is 0.0726. The van der Waals surface area contributed by atoms with Crippen LogP contribution in [0, 0.1) is 0 Å². The number of aldehydes is 1. The Labute approximate surface area is 444 Å². The molecule has 10 rings (SSSR count). The summed E-state index contributed by atoms with van der Waals surface area (Å²) >= 11 is 0. The van der Waals surface area contributed by atoms with Crippen molar-refractivity contribution in [3.05, 3.63) is 144 Å². The van der Waals surface area contributed by atoms with E-state index in [0.29, 0.717) is 47.6 Å². The van der Waals surface area contributed by atoms with Crippen molar-refractivity contribution < 1.29 is 23.8 Å². The summed E-state index contributed by atoms with van der Waals surface area (Å²) in [6.45, 7) is 7.48. The number of carbonyl (C=O) groups excluding carboxylic acids is 2. The summed E-state index contributed by atoms with van der Waals surface area (Å²) in [4.78, 5) is 46.9. The Morgan fingerprint density at radius 1 is 0.627 bits per heavy atom. The molecular weight excluding hydrogens is 939 g/mol. The first-order valence-corrected chi connectivity index (χ1v) is 26.7. The fraction of sp³-hybridized carbons (Fsp3) is 0.426. The fourth-order valence-corrected chi connectivity index (χ4v) is 10.4. The van der Waals surface area contributed by atoms with Crippen LogP contribution in [0.2, 0.25) is 0 Å². The van der Waals surface area contributed by atoms with E-state index < -0.39 is 0 Å². The average Bonchev–Trinajstić information content (AvgIpc) is 4.20. The van der Waals surface area contributed by atoms with E-state index in [2.05, 4.69) is 87.5 Å². The van der Waals surface area contributed by atoms with Crippen LogP contribution in [0.5, 0.6) is 17.2 Å². The number of methoxy groups -OCH3 is 3. The first-order valence-electron chi connectivity index (χ1n) is 26.7. The van der Waals surface area contributed by atoms with Gasteiger partial charge in [-0.1, -0.05) is 72.8 Å². The predicted octanol–water partition coefficient (Wildman–Crippen LogP) is 9.67. The van der Waals surface area contributed by atoms with E-state index >= 15 is 0 Å². The highest BCUT2D eigenvalue weighted by molar-refractivity contribution is 5.95. The predicted molar refractivity (Wildman–Crippen MR) is 303 cm³/mol. The maximum absolute atomic E-state index is 13.8. The molecule has 3 saturated heterocycles. The third kappa shape index (κ3) is 16.0. The number of ether oxygens (including phenoxy) is 3. The standard InChI is InChI=1S/C27H33N3O4.C17H23N3.C10H7NO.C7H16N2/c1-29-14-7-9-22(29)13-15-30(18-21-12-11-19-8-5-6-10-23(19)28-21)27(31)20-16-24(32-2)26(34-4)25(17-20)33-3;1-20-12-4-6-16(20)10-11-18-13-15-9-8-14-5-2-3-7-17(14)19-15;12-7-9-6-5-8-3-1-2-4-10(8)11-9;1-9-6-2-3-7(9)4-5-8/h5-6,8,10-12,16-17,22H,7,9,13-15,18H2,1-4H3;2-3,5,7-9,16,18H,4,6,10-13H2,1H3;1-7H;7H,2-6,8H2,1H3. The lowest BCUT2D eigenvalue weighted by Crippen LogP contribution is -2.35. The molecule has 7 aromatic rings. The second-order valence-electron chi connectivity index (χ2n) is 19.8. The van der Waals surface area contributed by atoms with Crippen molar-refractivity contribution in [3.63, 3.8) is 0 Å². The number of benzene rings is 4. The largest absolute Gasteiger partial charge is 0.493 e. The van der Waals surface area contributed by atoms with Crippen molar-refractivity contribution in [1.29, 1.82) is 0 Å². The number of para-hydroxylation sites is 3. The number of hydrogen-bond acceptors (Lipinski definition) is 13. The minimum Gasteiger partial charge on any atom is -0.493 e. The molecule has 3 aliphatic rings. The van der Waals surface area contributed by atoms with Crippen LogP contribution in [-0.4, -0.2) is 147 Å². The van der Waals surface area contributed by atoms with Crippen molar-refractivity contribution in [2.75, 3.05) is 81.7 Å². The number of nitrogens with two attached hydrogens (primary N) is 1. The molecule has 3 aromatic heterocycles. The number of amides is 1. The quantitative estimate of drug-likeness (QED) is 0.0659. The molecule has 4 aromatic carbocycles. The minimum atomic E-state index is -0.0881. The molecule has 0 saturated carbocycles. The van der Waals surface area contributed by atoms with Gasteiger partial charge in [-0.25, -0.2) is 4.98 Å². The van der Waals surface area contributed by atoms with E-state index in [4.69, 9.17) is 24.9 Å². The second-order valence-corrected chi connectivity index (χ2v) is 19.8. The molecule has 75 heavy (non-hydrogen) atoms. The summed E-state index contributed by atoms with van der Waals surface area (Å²) in [7, 11) is 11.2. The van der Waals surface area contributed by atoms with Crippen LogP contribution in [0.4, 0.5) is 0 Å². The topological polar surface area (TPSA) is 152 Å². The lowest BCUT2D eigenvalue weighted by Gasteiger charge is -2.27. The molecule has 0 radical (unpaired) electrons. The van der Waals surface area contributed by atoms with Crippen LogP contribution in [-0.2, 0) is 13.1 Å². The molecule has 398 valence electrons. The summed E-state index contributed by atoms with van der Waals surface area (Å²) in [6.07, 6.45) is 11.9. The number of carbonyl (C=O) groups is 2. The summed E-state index contributed by atoms with van der Waals surface area (Å²) < 4.78 is 16.4. The van der Waals surface area contributed by atoms with Crippen molar-refractivity contribution in [2.45, 2.75) is 89.0 Å². The van der Waals surface area contributed by atoms with Gasteiger partial charge in [-0.3, -0.25) is 19.6 Å². The normalized spacial score (nSPS) is 17.6. The number of nitrogens with one attached hydrogen (secondary N) is 1. The maximum Gasteiger partial charge on any atom is 0.254 e. The van der Waals surface area contributed by atoms with Gasteiger partial charge in [0, 0.05) is 52.9 Å². The molecule has 3 unspecified atom stereocenters. The van der Waals surface area contributed by atoms with Crippen LogP contribution < -0.4 is 25.3 Å². The van der Waals surface area contributed by atoms with E-state index in [1.54, 1.807) is 39.5 Å². The van der Waals surface area contributed by atoms with E-state index in [0.717, 1.165) is 96.1 Å². The number of nitrogens with zero attached hydrogens (tertiary/aromatic N) is 7. The van der Waals surface area contributed by atoms with Gasteiger partial charge in [0.05, 0.1) is 55.8 Å². The third-order valence-electron chi connectivity index (χ3n) is 14.8. The molecule has 1 amide bonds. The third-order valence-corrected chi connectivity index (χ3v) is 14.8. The number of rotatable bonds is 17. The minimum absolute atomic E-state index is 0.0881. The molecule has 0 spiro atoms. The molecule has 0 aliphatic carbocycles. The van der Waals surface area contributed by atoms with Gasteiger partial charge in [0.1, 0.15) is 5.69 Å². The fourth-order valence-electron chi connectivity index (χ4n) is 10.4. The zero-order valence-electron chi connectivity index (χ0n) is 45.1. The Morgan fingerprint density at radius 2 is 1.11 bits per heavy atom. The molecule has 3 aliphatic heterocycles. The highest BCUT2D eigenvalue weighted by Gasteiger charge is 2.26. The first kappa shape index (κ1) is 56.2. The van der Waals surface area contributed by atoms with Gasteiger partial charge in [0.25, 0.3) is 5.91 Å². The zero-order chi connectivity index (χ0) is 52.9. The van der Waals surface area contributed by atoms with E-state index in [1.807, 2.05) is 71.6 Å². The van der Waals surface area contributed by atoms with Crippen molar-refractivity contribution >= 4 is 44.9 Å². The Kier molecular flexibility index (Phi) is 21.7. The van der Waals surface area contributed by atoms with Gasteiger partial charge in [-0.05, 0) is 160 Å². The Morgan fingerprint density at radius 3 is 1.60 bits per heavy atom. The van der Waals surface area contributed by atoms with Crippen LogP contribution in [0.15, 0.2) is 121 Å². The van der Waals surface area contributed by atoms with Crippen LogP contribution in [0.25, 0.3) is 32.7 Å². The molecule has 14 nitrogen and oxygen atoms in total. The summed E-state index contributed by atoms with van der Waals surface area (Å²) in [6, 6.07) is 41.4. The SMILES string of the molecule is CN1CCCC1CCN.CN1CCCC1CCNCc1ccc2ccccc2n1.COc1cc(C(=O)N(CCC2CCCN2C)Cc2ccc3ccccc3n2)cc(OC)c1OC.O=Cc1ccc2ccccc2n1. The number of pyridine rings is 3. The van der Waals surface area contributed by atoms with E-state index in [9.17, 15) is 9.59 Å². The molecule has 14 heteroatoms. The summed E-state index contributed by atoms with van der Waals surface area (Å²) in [5, 5.41) is 6.88. The highest BCUT2D eigenvalue weighted by atomic mass is 16.5. The summed E-state index contributed by atoms with van der Waals surface area (Å²) in [5.41, 5.74) is 11.3. The first-order chi connectivity index (χ1) is 36.6. The summed E-state index contributed by atoms with van der Waals surface area (Å²) in [5.74, 6) is 1.31. The molecule has 3 N–H and O–H groups in total. The zero-order valence-corrected chi connectivity index (χ0v) is 45.1. The van der Waals surface area contributed by atoms with Crippen molar-refractivity contribution in [3.8, 4) is 17.2 Å². The maximum atomic E-state index is 13.8. The molecule has 0 bridgehead atoms. The van der Waals surface area contributed by atoms with Crippen LogP contribution >= 0.6 is 0 Å². The van der Waals surface area contributed by atoms with E-state index in [-0.39, 0.29) is 5.91 Å². The number of aromatic nitrogens is 3. The monoisotopic (exact) mass is 1020 g/mol. The van der Waals surface area contributed by atoms with Crippen LogP contribution in [0.1, 0.15) is 90.0 Å². The molecule has 6 heterocycles. The van der Waals surface area contributed by atoms with Gasteiger partial charge in [0.2, 0.25) is 5.75 Å².